The molecule has 334 valence electrons. The quantitative estimate of drug-likeness (QED) is 0.0351. The largest absolute Gasteiger partial charge is 0.460 e. The molecular formula is C43H84O13. The molecule has 13 heteroatoms. The lowest BCUT2D eigenvalue weighted by molar-refractivity contribution is -0.139. The third-order valence-electron chi connectivity index (χ3n) is 8.50. The number of hydrogen-bond acceptors (Lipinski definition) is 13. The number of unbranched alkanes of at least 4 members (excludes halogenated alkanes) is 15. The number of rotatable bonds is 51. The van der Waals surface area contributed by atoms with E-state index < -0.39 is 5.97 Å². The first-order valence-electron chi connectivity index (χ1n) is 22.0. The molecule has 0 atom stereocenters. The van der Waals surface area contributed by atoms with E-state index in [2.05, 4.69) is 13.5 Å². The third kappa shape index (κ3) is 50.8. The van der Waals surface area contributed by atoms with Gasteiger partial charge in [0, 0.05) is 12.7 Å². The summed E-state index contributed by atoms with van der Waals surface area (Å²) in [6.45, 7) is 17.3. The monoisotopic (exact) mass is 809 g/mol. The van der Waals surface area contributed by atoms with E-state index in [9.17, 15) is 4.79 Å². The van der Waals surface area contributed by atoms with Crippen LogP contribution in [0.4, 0.5) is 0 Å². The molecule has 0 saturated carbocycles. The molecule has 0 aliphatic carbocycles. The number of esters is 1. The van der Waals surface area contributed by atoms with Crippen LogP contribution in [-0.4, -0.2) is 158 Å². The van der Waals surface area contributed by atoms with Crippen molar-refractivity contribution in [3.05, 3.63) is 12.7 Å². The van der Waals surface area contributed by atoms with E-state index in [-0.39, 0.29) is 6.61 Å². The fraction of sp³-hybridized carbons (Fsp3) is 0.930. The second-order valence-electron chi connectivity index (χ2n) is 13.4. The van der Waals surface area contributed by atoms with Crippen molar-refractivity contribution in [3.8, 4) is 0 Å². The van der Waals surface area contributed by atoms with E-state index in [4.69, 9.17) is 56.8 Å². The van der Waals surface area contributed by atoms with Crippen molar-refractivity contribution < 1.29 is 61.6 Å². The molecule has 0 spiro atoms. The Bertz CT molecular complexity index is 747. The highest BCUT2D eigenvalue weighted by Gasteiger charge is 1.99. The van der Waals surface area contributed by atoms with Gasteiger partial charge in [0.1, 0.15) is 6.61 Å². The molecule has 0 N–H and O–H groups in total. The summed E-state index contributed by atoms with van der Waals surface area (Å²) in [7, 11) is 0. The minimum atomic E-state index is -0.457. The lowest BCUT2D eigenvalue weighted by Gasteiger charge is -2.09. The molecule has 0 bridgehead atoms. The summed E-state index contributed by atoms with van der Waals surface area (Å²) in [5.74, 6) is -0.457. The predicted octanol–water partition coefficient (Wildman–Crippen LogP) is 7.16. The molecular weight excluding hydrogens is 724 g/mol. The molecule has 13 nitrogen and oxygen atoms in total. The fourth-order valence-corrected chi connectivity index (χ4v) is 5.31. The Hall–Kier alpha value is -1.23. The Morgan fingerprint density at radius 2 is 0.500 bits per heavy atom. The number of carbonyl (C=O) groups excluding carboxylic acids is 1. The molecule has 0 aromatic carbocycles. The molecule has 0 unspecified atom stereocenters. The van der Waals surface area contributed by atoms with Crippen LogP contribution < -0.4 is 0 Å². The molecule has 0 aromatic heterocycles. The highest BCUT2D eigenvalue weighted by atomic mass is 16.6. The molecule has 0 aliphatic heterocycles. The van der Waals surface area contributed by atoms with Gasteiger partial charge in [-0.2, -0.15) is 0 Å². The molecule has 0 radical (unpaired) electrons. The highest BCUT2D eigenvalue weighted by molar-refractivity contribution is 5.81. The van der Waals surface area contributed by atoms with Gasteiger partial charge in [-0.1, -0.05) is 110 Å². The van der Waals surface area contributed by atoms with Crippen molar-refractivity contribution in [3.63, 3.8) is 0 Å². The molecule has 0 aliphatic rings. The average molecular weight is 809 g/mol. The summed E-state index contributed by atoms with van der Waals surface area (Å²) in [6.07, 6.45) is 23.3. The lowest BCUT2D eigenvalue weighted by atomic mass is 10.0. The Balaban J connectivity index is 3.06. The van der Waals surface area contributed by atoms with Gasteiger partial charge in [0.25, 0.3) is 0 Å². The summed E-state index contributed by atoms with van der Waals surface area (Å²) in [6, 6.07) is 0. The lowest BCUT2D eigenvalue weighted by Crippen LogP contribution is -2.15. The van der Waals surface area contributed by atoms with Crippen LogP contribution in [0.1, 0.15) is 110 Å². The van der Waals surface area contributed by atoms with Crippen molar-refractivity contribution in [2.24, 2.45) is 0 Å². The minimum Gasteiger partial charge on any atom is -0.460 e. The van der Waals surface area contributed by atoms with Crippen molar-refractivity contribution in [1.82, 2.24) is 0 Å². The summed E-state index contributed by atoms with van der Waals surface area (Å²) in [4.78, 5) is 10.9. The maximum atomic E-state index is 10.9. The van der Waals surface area contributed by atoms with Gasteiger partial charge in [-0.25, -0.2) is 4.79 Å². The van der Waals surface area contributed by atoms with E-state index in [1.165, 1.54) is 96.3 Å². The molecule has 0 rings (SSSR count). The Labute approximate surface area is 341 Å². The third-order valence-corrected chi connectivity index (χ3v) is 8.50. The number of ether oxygens (including phenoxy) is 12. The topological polar surface area (TPSA) is 128 Å². The standard InChI is InChI=1S/C43H84O13/c1-3-5-6-7-8-9-10-11-12-13-14-15-16-17-18-19-20-45-21-22-46-23-24-47-25-26-48-27-28-49-29-30-50-31-32-51-33-34-52-35-36-53-37-38-54-39-40-55-41-42-56-43(44)4-2/h4H,2-3,5-42H2,1H3. The molecule has 0 amide bonds. The zero-order chi connectivity index (χ0) is 40.3. The SMILES string of the molecule is C=CC(=O)OCCOCCOCCOCCOCCOCCOCCOCCOCCOCCOCCOCCCCCCCCCCCCCCCCCC. The first kappa shape index (κ1) is 54.8. The minimum absolute atomic E-state index is 0.200. The fourth-order valence-electron chi connectivity index (χ4n) is 5.31. The van der Waals surface area contributed by atoms with E-state index in [1.807, 2.05) is 0 Å². The summed E-state index contributed by atoms with van der Waals surface area (Å²) < 4.78 is 65.2. The first-order chi connectivity index (χ1) is 27.8. The Morgan fingerprint density at radius 3 is 0.732 bits per heavy atom. The second kappa shape index (κ2) is 51.8. The normalized spacial score (nSPS) is 11.4. The van der Waals surface area contributed by atoms with Gasteiger partial charge in [-0.05, 0) is 6.42 Å². The molecule has 0 saturated heterocycles. The van der Waals surface area contributed by atoms with Gasteiger partial charge in [0.05, 0.1) is 139 Å². The maximum Gasteiger partial charge on any atom is 0.330 e. The highest BCUT2D eigenvalue weighted by Crippen LogP contribution is 2.13. The Kier molecular flexibility index (Phi) is 50.7. The molecule has 0 heterocycles. The second-order valence-corrected chi connectivity index (χ2v) is 13.4. The smallest absolute Gasteiger partial charge is 0.330 e. The van der Waals surface area contributed by atoms with E-state index in [0.717, 1.165) is 19.1 Å². The van der Waals surface area contributed by atoms with Gasteiger partial charge in [0.15, 0.2) is 0 Å². The predicted molar refractivity (Wildman–Crippen MR) is 220 cm³/mol. The van der Waals surface area contributed by atoms with Crippen molar-refractivity contribution in [2.75, 3.05) is 152 Å². The van der Waals surface area contributed by atoms with Gasteiger partial charge in [-0.15, -0.1) is 0 Å². The van der Waals surface area contributed by atoms with Gasteiger partial charge in [0.2, 0.25) is 0 Å². The number of hydrogen-bond donors (Lipinski definition) is 0. The van der Waals surface area contributed by atoms with Crippen LogP contribution in [0, 0.1) is 0 Å². The molecule has 0 fully saturated rings. The van der Waals surface area contributed by atoms with Gasteiger partial charge in [-0.3, -0.25) is 0 Å². The van der Waals surface area contributed by atoms with Crippen LogP contribution in [0.15, 0.2) is 12.7 Å². The van der Waals surface area contributed by atoms with Gasteiger partial charge >= 0.3 is 5.97 Å². The maximum absolute atomic E-state index is 10.9. The van der Waals surface area contributed by atoms with E-state index in [1.54, 1.807) is 0 Å². The summed E-state index contributed by atoms with van der Waals surface area (Å²) in [5, 5.41) is 0. The van der Waals surface area contributed by atoms with Crippen molar-refractivity contribution >= 4 is 5.97 Å². The number of carbonyl (C=O) groups is 1. The van der Waals surface area contributed by atoms with Gasteiger partial charge < -0.3 is 56.8 Å². The first-order valence-corrected chi connectivity index (χ1v) is 22.0. The van der Waals surface area contributed by atoms with E-state index >= 15 is 0 Å². The molecule has 56 heavy (non-hydrogen) atoms. The van der Waals surface area contributed by atoms with Crippen molar-refractivity contribution in [2.45, 2.75) is 110 Å². The average Bonchev–Trinajstić information content (AvgIpc) is 3.21. The zero-order valence-electron chi connectivity index (χ0n) is 35.7. The molecule has 0 aromatic rings. The van der Waals surface area contributed by atoms with Crippen LogP contribution >= 0.6 is 0 Å². The zero-order valence-corrected chi connectivity index (χ0v) is 35.7. The van der Waals surface area contributed by atoms with Crippen LogP contribution in [-0.2, 0) is 61.6 Å². The van der Waals surface area contributed by atoms with Crippen LogP contribution in [0.3, 0.4) is 0 Å². The summed E-state index contributed by atoms with van der Waals surface area (Å²) >= 11 is 0. The van der Waals surface area contributed by atoms with Crippen molar-refractivity contribution in [1.29, 1.82) is 0 Å². The van der Waals surface area contributed by atoms with Crippen LogP contribution in [0.2, 0.25) is 0 Å². The van der Waals surface area contributed by atoms with Crippen LogP contribution in [0.5, 0.6) is 0 Å². The summed E-state index contributed by atoms with van der Waals surface area (Å²) in [5.41, 5.74) is 0. The Morgan fingerprint density at radius 1 is 0.304 bits per heavy atom. The van der Waals surface area contributed by atoms with E-state index in [0.29, 0.717) is 139 Å². The van der Waals surface area contributed by atoms with Crippen LogP contribution in [0.25, 0.3) is 0 Å².